The zero-order valence-electron chi connectivity index (χ0n) is 19.4. The van der Waals surface area contributed by atoms with Crippen molar-refractivity contribution < 1.29 is 34.5 Å². The molecule has 1 aliphatic rings. The predicted molar refractivity (Wildman–Crippen MR) is 132 cm³/mol. The predicted octanol–water partition coefficient (Wildman–Crippen LogP) is 1.68. The van der Waals surface area contributed by atoms with Crippen molar-refractivity contribution in [2.24, 2.45) is 10.7 Å². The second-order valence-corrected chi connectivity index (χ2v) is 8.03. The summed E-state index contributed by atoms with van der Waals surface area (Å²) < 4.78 is 0. The molecular formula is C24H24N6O7. The number of pyridine rings is 1. The summed E-state index contributed by atoms with van der Waals surface area (Å²) in [7, 11) is 0. The molecule has 37 heavy (non-hydrogen) atoms. The third-order valence-electron chi connectivity index (χ3n) is 5.27. The minimum atomic E-state index is -1.44. The van der Waals surface area contributed by atoms with E-state index in [9.17, 15) is 29.4 Å². The summed E-state index contributed by atoms with van der Waals surface area (Å²) in [6.45, 7) is 0. The monoisotopic (exact) mass is 508 g/mol. The lowest BCUT2D eigenvalue weighted by Crippen LogP contribution is -2.41. The molecule has 3 rings (SSSR count). The number of aliphatic carboxylic acids is 2. The van der Waals surface area contributed by atoms with Gasteiger partial charge in [0.15, 0.2) is 5.84 Å². The van der Waals surface area contributed by atoms with E-state index in [1.54, 1.807) is 30.3 Å². The molecule has 13 nitrogen and oxygen atoms in total. The maximum Gasteiger partial charge on any atom is 0.326 e. The van der Waals surface area contributed by atoms with Gasteiger partial charge in [-0.1, -0.05) is 30.3 Å². The van der Waals surface area contributed by atoms with Gasteiger partial charge in [-0.2, -0.15) is 0 Å². The van der Waals surface area contributed by atoms with Gasteiger partial charge in [-0.15, -0.1) is 0 Å². The molecule has 0 saturated carbocycles. The van der Waals surface area contributed by atoms with Crippen molar-refractivity contribution in [2.45, 2.75) is 31.7 Å². The van der Waals surface area contributed by atoms with Crippen LogP contribution in [-0.4, -0.2) is 61.8 Å². The van der Waals surface area contributed by atoms with Crippen molar-refractivity contribution in [1.29, 1.82) is 5.41 Å². The number of hydrogen-bond acceptors (Lipinski definition) is 8. The number of benzene rings is 1. The van der Waals surface area contributed by atoms with E-state index in [0.717, 1.165) is 0 Å². The second kappa shape index (κ2) is 11.6. The van der Waals surface area contributed by atoms with Crippen molar-refractivity contribution in [3.8, 4) is 11.3 Å². The van der Waals surface area contributed by atoms with Crippen LogP contribution >= 0.6 is 0 Å². The van der Waals surface area contributed by atoms with E-state index in [0.29, 0.717) is 5.56 Å². The van der Waals surface area contributed by atoms with E-state index >= 15 is 0 Å². The van der Waals surface area contributed by atoms with Gasteiger partial charge in [0, 0.05) is 17.6 Å². The van der Waals surface area contributed by atoms with E-state index < -0.39 is 36.2 Å². The summed E-state index contributed by atoms with van der Waals surface area (Å²) in [5.74, 6) is -4.50. The number of carboxylic acids is 2. The number of carbonyl (C=O) groups is 4. The Morgan fingerprint density at radius 1 is 1.08 bits per heavy atom. The highest BCUT2D eigenvalue weighted by atomic mass is 16.4. The van der Waals surface area contributed by atoms with Crippen molar-refractivity contribution in [3.63, 3.8) is 0 Å². The SMILES string of the molecule is N=C1N=C(N)CC(O)=C1CC(=O)Nc1ccc(C(=O)N[C@@H](CCC(=O)O)C(=O)O)nc1-c1ccccc1. The number of aliphatic hydroxyl groups excluding tert-OH is 1. The van der Waals surface area contributed by atoms with Crippen LogP contribution in [0.25, 0.3) is 11.3 Å². The molecule has 13 heteroatoms. The van der Waals surface area contributed by atoms with Gasteiger partial charge in [-0.05, 0) is 18.6 Å². The Hall–Kier alpha value is -5.07. The van der Waals surface area contributed by atoms with Crippen molar-refractivity contribution >= 4 is 41.1 Å². The number of amides is 2. The van der Waals surface area contributed by atoms with Crippen LogP contribution in [0.1, 0.15) is 36.2 Å². The summed E-state index contributed by atoms with van der Waals surface area (Å²) in [5.41, 5.74) is 6.39. The van der Waals surface area contributed by atoms with Gasteiger partial charge in [0.2, 0.25) is 5.91 Å². The van der Waals surface area contributed by atoms with Gasteiger partial charge in [0.25, 0.3) is 5.91 Å². The molecule has 1 aliphatic heterocycles. The standard InChI is InChI=1S/C24H24N6O7/c25-18-11-17(31)13(22(26)30-18)10-19(32)27-14-6-7-15(28-21(14)12-4-2-1-3-5-12)23(35)29-16(24(36)37)8-9-20(33)34/h1-7,16,31H,8-11H2,(H,27,32)(H,29,35)(H,33,34)(H,36,37)(H3,25,26,30)/t16-/m0/s1. The smallest absolute Gasteiger partial charge is 0.326 e. The summed E-state index contributed by atoms with van der Waals surface area (Å²) >= 11 is 0. The topological polar surface area (TPSA) is 228 Å². The molecule has 2 aromatic rings. The first-order valence-corrected chi connectivity index (χ1v) is 11.0. The van der Waals surface area contributed by atoms with Crippen LogP contribution < -0.4 is 16.4 Å². The van der Waals surface area contributed by atoms with Crippen LogP contribution in [0.4, 0.5) is 5.69 Å². The highest BCUT2D eigenvalue weighted by Crippen LogP contribution is 2.27. The Kier molecular flexibility index (Phi) is 8.30. The lowest BCUT2D eigenvalue weighted by atomic mass is 10.0. The maximum atomic E-state index is 12.7. The van der Waals surface area contributed by atoms with Crippen molar-refractivity contribution in [3.05, 3.63) is 59.5 Å². The number of nitrogens with zero attached hydrogens (tertiary/aromatic N) is 2. The minimum Gasteiger partial charge on any atom is -0.511 e. The van der Waals surface area contributed by atoms with E-state index in [1.165, 1.54) is 12.1 Å². The lowest BCUT2D eigenvalue weighted by Gasteiger charge is -2.17. The van der Waals surface area contributed by atoms with Crippen LogP contribution in [0.5, 0.6) is 0 Å². The molecule has 1 atom stereocenters. The zero-order valence-corrected chi connectivity index (χ0v) is 19.4. The van der Waals surface area contributed by atoms with E-state index in [-0.39, 0.29) is 59.3 Å². The first-order valence-electron chi connectivity index (χ1n) is 11.0. The van der Waals surface area contributed by atoms with Crippen LogP contribution in [0.2, 0.25) is 0 Å². The van der Waals surface area contributed by atoms with Gasteiger partial charge in [0.1, 0.15) is 23.3 Å². The molecule has 1 aromatic carbocycles. The van der Waals surface area contributed by atoms with Crippen LogP contribution in [-0.2, 0) is 14.4 Å². The Bertz CT molecular complexity index is 1320. The highest BCUT2D eigenvalue weighted by molar-refractivity contribution is 6.11. The third-order valence-corrected chi connectivity index (χ3v) is 5.27. The number of aromatic nitrogens is 1. The molecule has 0 radical (unpaired) electrons. The lowest BCUT2D eigenvalue weighted by molar-refractivity contribution is -0.140. The number of aliphatic hydroxyl groups is 1. The molecule has 0 spiro atoms. The second-order valence-electron chi connectivity index (χ2n) is 8.03. The molecule has 8 N–H and O–H groups in total. The van der Waals surface area contributed by atoms with E-state index in [4.69, 9.17) is 16.2 Å². The fraction of sp³-hybridized carbons (Fsp3) is 0.208. The average Bonchev–Trinajstić information content (AvgIpc) is 2.84. The Morgan fingerprint density at radius 2 is 1.78 bits per heavy atom. The average molecular weight is 508 g/mol. The summed E-state index contributed by atoms with van der Waals surface area (Å²) in [6.07, 6.45) is -1.20. The Balaban J connectivity index is 1.85. The number of dihydropyridines is 1. The highest BCUT2D eigenvalue weighted by Gasteiger charge is 2.24. The Labute approximate surface area is 210 Å². The summed E-state index contributed by atoms with van der Waals surface area (Å²) in [5, 5.41) is 41.0. The molecule has 0 aliphatic carbocycles. The quantitative estimate of drug-likeness (QED) is 0.247. The number of hydrogen-bond donors (Lipinski definition) is 7. The van der Waals surface area contributed by atoms with E-state index in [1.807, 2.05) is 0 Å². The number of amidine groups is 2. The van der Waals surface area contributed by atoms with Crippen molar-refractivity contribution in [1.82, 2.24) is 10.3 Å². The molecule has 2 amide bonds. The number of carbonyl (C=O) groups excluding carboxylic acids is 2. The van der Waals surface area contributed by atoms with Crippen LogP contribution in [0.3, 0.4) is 0 Å². The molecule has 192 valence electrons. The Morgan fingerprint density at radius 3 is 2.41 bits per heavy atom. The number of aliphatic imine (C=N–C) groups is 1. The van der Waals surface area contributed by atoms with Crippen LogP contribution in [0.15, 0.2) is 58.8 Å². The molecular weight excluding hydrogens is 484 g/mol. The van der Waals surface area contributed by atoms with Crippen LogP contribution in [0, 0.1) is 5.41 Å². The number of anilines is 1. The molecule has 0 saturated heterocycles. The maximum absolute atomic E-state index is 12.7. The minimum absolute atomic E-state index is 0.0259. The molecule has 1 aromatic heterocycles. The van der Waals surface area contributed by atoms with Gasteiger partial charge < -0.3 is 31.7 Å². The number of rotatable bonds is 10. The molecule has 0 fully saturated rings. The first-order chi connectivity index (χ1) is 17.5. The molecule has 2 heterocycles. The molecule has 0 bridgehead atoms. The van der Waals surface area contributed by atoms with Gasteiger partial charge in [0.05, 0.1) is 24.2 Å². The van der Waals surface area contributed by atoms with Gasteiger partial charge >= 0.3 is 11.9 Å². The summed E-state index contributed by atoms with van der Waals surface area (Å²) in [6, 6.07) is 9.82. The normalized spacial score (nSPS) is 13.9. The fourth-order valence-electron chi connectivity index (χ4n) is 3.47. The fourth-order valence-corrected chi connectivity index (χ4v) is 3.47. The van der Waals surface area contributed by atoms with E-state index in [2.05, 4.69) is 20.6 Å². The number of carboxylic acid groups (broad SMARTS) is 2. The van der Waals surface area contributed by atoms with Gasteiger partial charge in [-0.3, -0.25) is 19.8 Å². The third kappa shape index (κ3) is 6.97. The zero-order chi connectivity index (χ0) is 27.1. The molecule has 0 unspecified atom stereocenters. The van der Waals surface area contributed by atoms with Crippen molar-refractivity contribution in [2.75, 3.05) is 5.32 Å². The number of nitrogens with two attached hydrogens (primary N) is 1. The first kappa shape index (κ1) is 26.5. The number of nitrogens with one attached hydrogen (secondary N) is 3. The summed E-state index contributed by atoms with van der Waals surface area (Å²) in [4.78, 5) is 55.8. The van der Waals surface area contributed by atoms with Gasteiger partial charge in [-0.25, -0.2) is 14.8 Å². The largest absolute Gasteiger partial charge is 0.511 e.